The van der Waals surface area contributed by atoms with Crippen LogP contribution in [0, 0.1) is 0 Å². The van der Waals surface area contributed by atoms with Crippen molar-refractivity contribution in [3.8, 4) is 5.75 Å². The first-order valence-electron chi connectivity index (χ1n) is 7.40. The molecule has 2 amide bonds. The second-order valence-corrected chi connectivity index (χ2v) is 5.42. The fourth-order valence-electron chi connectivity index (χ4n) is 2.51. The number of carbonyl (C=O) groups is 2. The van der Waals surface area contributed by atoms with Crippen LogP contribution in [0.25, 0.3) is 0 Å². The Morgan fingerprint density at radius 1 is 1.39 bits per heavy atom. The largest absolute Gasteiger partial charge is 0.479 e. The molecule has 3 rings (SSSR count). The van der Waals surface area contributed by atoms with Crippen LogP contribution in [0.5, 0.6) is 5.75 Å². The minimum Gasteiger partial charge on any atom is -0.479 e. The molecule has 0 radical (unpaired) electrons. The molecule has 1 N–H and O–H groups in total. The number of benzene rings is 1. The normalized spacial score (nSPS) is 16.7. The van der Waals surface area contributed by atoms with Crippen LogP contribution in [0.4, 0.5) is 11.4 Å². The van der Waals surface area contributed by atoms with Crippen LogP contribution in [-0.2, 0) is 16.6 Å². The minimum absolute atomic E-state index is 0.141. The topological polar surface area (TPSA) is 76.5 Å². The number of nitrogens with zero attached hydrogens (tertiary/aromatic N) is 3. The molecule has 2 aromatic rings. The van der Waals surface area contributed by atoms with Gasteiger partial charge < -0.3 is 15.0 Å². The summed E-state index contributed by atoms with van der Waals surface area (Å²) in [7, 11) is 1.78. The van der Waals surface area contributed by atoms with E-state index in [9.17, 15) is 9.59 Å². The van der Waals surface area contributed by atoms with Gasteiger partial charge in [-0.05, 0) is 19.1 Å². The van der Waals surface area contributed by atoms with Gasteiger partial charge in [-0.1, -0.05) is 12.1 Å². The molecule has 1 aromatic heterocycles. The summed E-state index contributed by atoms with van der Waals surface area (Å²) in [6.45, 7) is 2.01. The number of carbonyl (C=O) groups excluding carboxylic acids is 2. The number of nitrogens with one attached hydrogen (secondary N) is 1. The lowest BCUT2D eigenvalue weighted by molar-refractivity contribution is -0.125. The smallest absolute Gasteiger partial charge is 0.267 e. The van der Waals surface area contributed by atoms with E-state index in [1.165, 1.54) is 0 Å². The molecule has 23 heavy (non-hydrogen) atoms. The predicted molar refractivity (Wildman–Crippen MR) is 85.3 cm³/mol. The highest BCUT2D eigenvalue weighted by Gasteiger charge is 2.31. The standard InChI is InChI=1S/C16H18N4O3/c1-11-16(22)20(13-5-3-4-6-14(13)23-11)8-7-15(21)18-12-9-17-19(2)10-12/h3-6,9-11H,7-8H2,1-2H3,(H,18,21). The zero-order valence-corrected chi connectivity index (χ0v) is 13.0. The number of aryl methyl sites for hydroxylation is 1. The van der Waals surface area contributed by atoms with Crippen LogP contribution in [0.1, 0.15) is 13.3 Å². The molecule has 0 spiro atoms. The maximum absolute atomic E-state index is 12.3. The Balaban J connectivity index is 1.67. The first-order chi connectivity index (χ1) is 11.0. The molecule has 1 atom stereocenters. The van der Waals surface area contributed by atoms with E-state index in [1.54, 1.807) is 35.9 Å². The Labute approximate surface area is 133 Å². The Bertz CT molecular complexity index is 740. The summed E-state index contributed by atoms with van der Waals surface area (Å²) >= 11 is 0. The van der Waals surface area contributed by atoms with Gasteiger partial charge in [0.2, 0.25) is 5.91 Å². The highest BCUT2D eigenvalue weighted by Crippen LogP contribution is 2.33. The van der Waals surface area contributed by atoms with Crippen molar-refractivity contribution in [2.75, 3.05) is 16.8 Å². The quantitative estimate of drug-likeness (QED) is 0.929. The van der Waals surface area contributed by atoms with Crippen LogP contribution in [0.15, 0.2) is 36.7 Å². The molecule has 0 aliphatic carbocycles. The molecule has 1 aliphatic heterocycles. The highest BCUT2D eigenvalue weighted by molar-refractivity contribution is 6.00. The molecule has 1 aromatic carbocycles. The van der Waals surface area contributed by atoms with Crippen molar-refractivity contribution in [2.24, 2.45) is 7.05 Å². The van der Waals surface area contributed by atoms with Gasteiger partial charge in [0.15, 0.2) is 6.10 Å². The SMILES string of the molecule is CC1Oc2ccccc2N(CCC(=O)Nc2cnn(C)c2)C1=O. The van der Waals surface area contributed by atoms with Gasteiger partial charge in [0.25, 0.3) is 5.91 Å². The van der Waals surface area contributed by atoms with Crippen molar-refractivity contribution >= 4 is 23.2 Å². The van der Waals surface area contributed by atoms with Crippen molar-refractivity contribution in [1.29, 1.82) is 0 Å². The van der Waals surface area contributed by atoms with E-state index in [4.69, 9.17) is 4.74 Å². The number of anilines is 2. The molecule has 1 unspecified atom stereocenters. The van der Waals surface area contributed by atoms with Crippen LogP contribution in [0.3, 0.4) is 0 Å². The maximum atomic E-state index is 12.3. The van der Waals surface area contributed by atoms with E-state index in [1.807, 2.05) is 24.3 Å². The van der Waals surface area contributed by atoms with E-state index in [2.05, 4.69) is 10.4 Å². The van der Waals surface area contributed by atoms with Gasteiger partial charge in [-0.15, -0.1) is 0 Å². The Morgan fingerprint density at radius 2 is 2.17 bits per heavy atom. The maximum Gasteiger partial charge on any atom is 0.267 e. The lowest BCUT2D eigenvalue weighted by Gasteiger charge is -2.32. The van der Waals surface area contributed by atoms with Crippen LogP contribution < -0.4 is 15.0 Å². The van der Waals surface area contributed by atoms with Gasteiger partial charge >= 0.3 is 0 Å². The Kier molecular flexibility index (Phi) is 4.01. The molecule has 0 saturated heterocycles. The third kappa shape index (κ3) is 3.18. The molecule has 0 saturated carbocycles. The van der Waals surface area contributed by atoms with Crippen LogP contribution in [-0.4, -0.2) is 34.2 Å². The number of amides is 2. The van der Waals surface area contributed by atoms with Crippen molar-refractivity contribution in [1.82, 2.24) is 9.78 Å². The summed E-state index contributed by atoms with van der Waals surface area (Å²) in [6, 6.07) is 7.34. The van der Waals surface area contributed by atoms with Gasteiger partial charge in [0, 0.05) is 26.2 Å². The Morgan fingerprint density at radius 3 is 2.91 bits per heavy atom. The number of para-hydroxylation sites is 2. The van der Waals surface area contributed by atoms with E-state index in [-0.39, 0.29) is 18.2 Å². The van der Waals surface area contributed by atoms with Gasteiger partial charge in [-0.25, -0.2) is 0 Å². The molecule has 2 heterocycles. The van der Waals surface area contributed by atoms with Crippen molar-refractivity contribution in [2.45, 2.75) is 19.4 Å². The average molecular weight is 314 g/mol. The highest BCUT2D eigenvalue weighted by atomic mass is 16.5. The fourth-order valence-corrected chi connectivity index (χ4v) is 2.51. The van der Waals surface area contributed by atoms with E-state index >= 15 is 0 Å². The van der Waals surface area contributed by atoms with Crippen molar-refractivity contribution in [3.05, 3.63) is 36.7 Å². The molecular formula is C16H18N4O3. The van der Waals surface area contributed by atoms with E-state index < -0.39 is 6.10 Å². The lowest BCUT2D eigenvalue weighted by atomic mass is 10.1. The van der Waals surface area contributed by atoms with Crippen molar-refractivity contribution in [3.63, 3.8) is 0 Å². The molecule has 0 fully saturated rings. The molecule has 120 valence electrons. The average Bonchev–Trinajstić information content (AvgIpc) is 2.93. The number of fused-ring (bicyclic) bond motifs is 1. The van der Waals surface area contributed by atoms with Gasteiger partial charge in [0.1, 0.15) is 5.75 Å². The minimum atomic E-state index is -0.550. The number of hydrogen-bond acceptors (Lipinski definition) is 4. The summed E-state index contributed by atoms with van der Waals surface area (Å²) in [5, 5.41) is 6.75. The summed E-state index contributed by atoms with van der Waals surface area (Å²) in [6.07, 6.45) is 2.94. The monoisotopic (exact) mass is 314 g/mol. The van der Waals surface area contributed by atoms with Crippen molar-refractivity contribution < 1.29 is 14.3 Å². The summed E-state index contributed by atoms with van der Waals surface area (Å²) < 4.78 is 7.19. The molecular weight excluding hydrogens is 296 g/mol. The predicted octanol–water partition coefficient (Wildman–Crippen LogP) is 1.56. The number of rotatable bonds is 4. The van der Waals surface area contributed by atoms with Crippen LogP contribution >= 0.6 is 0 Å². The summed E-state index contributed by atoms with van der Waals surface area (Å²) in [5.41, 5.74) is 1.34. The van der Waals surface area contributed by atoms with Crippen LogP contribution in [0.2, 0.25) is 0 Å². The number of ether oxygens (including phenoxy) is 1. The fraction of sp³-hybridized carbons (Fsp3) is 0.312. The van der Waals surface area contributed by atoms with Gasteiger partial charge in [-0.3, -0.25) is 14.3 Å². The zero-order chi connectivity index (χ0) is 16.4. The molecule has 1 aliphatic rings. The third-order valence-corrected chi connectivity index (χ3v) is 3.62. The lowest BCUT2D eigenvalue weighted by Crippen LogP contribution is -2.45. The second-order valence-electron chi connectivity index (χ2n) is 5.42. The third-order valence-electron chi connectivity index (χ3n) is 3.62. The summed E-state index contributed by atoms with van der Waals surface area (Å²) in [4.78, 5) is 26.0. The summed E-state index contributed by atoms with van der Waals surface area (Å²) in [5.74, 6) is 0.354. The first-order valence-corrected chi connectivity index (χ1v) is 7.40. The zero-order valence-electron chi connectivity index (χ0n) is 13.0. The number of hydrogen-bond donors (Lipinski definition) is 1. The van der Waals surface area contributed by atoms with E-state index in [0.29, 0.717) is 23.7 Å². The van der Waals surface area contributed by atoms with Gasteiger partial charge in [0.05, 0.1) is 17.6 Å². The molecule has 7 nitrogen and oxygen atoms in total. The Hall–Kier alpha value is -2.83. The molecule has 0 bridgehead atoms. The van der Waals surface area contributed by atoms with E-state index in [0.717, 1.165) is 0 Å². The first kappa shape index (κ1) is 15.1. The number of aromatic nitrogens is 2. The second kappa shape index (κ2) is 6.12. The molecule has 7 heteroatoms. The van der Waals surface area contributed by atoms with Gasteiger partial charge in [-0.2, -0.15) is 5.10 Å².